The van der Waals surface area contributed by atoms with Gasteiger partial charge in [0.25, 0.3) is 10.0 Å². The van der Waals surface area contributed by atoms with E-state index in [1.165, 1.54) is 25.1 Å². The number of aromatic carboxylic acids is 1. The Morgan fingerprint density at radius 3 is 2.41 bits per heavy atom. The van der Waals surface area contributed by atoms with E-state index >= 15 is 0 Å². The van der Waals surface area contributed by atoms with Crippen molar-refractivity contribution in [1.29, 1.82) is 0 Å². The molecule has 2 rings (SSSR count). The average Bonchev–Trinajstić information content (AvgIpc) is 2.43. The normalized spacial score (nSPS) is 11.2. The van der Waals surface area contributed by atoms with Crippen molar-refractivity contribution in [1.82, 2.24) is 0 Å². The number of carboxylic acids is 1. The Balaban J connectivity index is 2.48. The number of halogens is 2. The van der Waals surface area contributed by atoms with Crippen LogP contribution >= 0.6 is 0 Å². The molecule has 0 heterocycles. The topological polar surface area (TPSA) is 83.5 Å². The minimum Gasteiger partial charge on any atom is -0.478 e. The molecule has 0 saturated carbocycles. The molecule has 0 unspecified atom stereocenters. The zero-order chi connectivity index (χ0) is 16.5. The Bertz CT molecular complexity index is 850. The molecule has 0 amide bonds. The number of hydrogen-bond acceptors (Lipinski definition) is 3. The van der Waals surface area contributed by atoms with Crippen molar-refractivity contribution >= 4 is 21.7 Å². The largest absolute Gasteiger partial charge is 0.478 e. The van der Waals surface area contributed by atoms with Crippen molar-refractivity contribution in [3.05, 3.63) is 59.2 Å². The molecule has 116 valence electrons. The van der Waals surface area contributed by atoms with Gasteiger partial charge in [0.2, 0.25) is 0 Å². The molecule has 2 aromatic carbocycles. The molecule has 0 fully saturated rings. The van der Waals surface area contributed by atoms with Gasteiger partial charge in [-0.25, -0.2) is 22.0 Å². The van der Waals surface area contributed by atoms with Crippen molar-refractivity contribution in [2.24, 2.45) is 0 Å². The number of carboxylic acid groups (broad SMARTS) is 1. The molecular weight excluding hydrogens is 316 g/mol. The van der Waals surface area contributed by atoms with Crippen LogP contribution in [0.1, 0.15) is 15.9 Å². The molecule has 2 aromatic rings. The van der Waals surface area contributed by atoms with Crippen molar-refractivity contribution in [3.8, 4) is 0 Å². The number of anilines is 1. The Kier molecular flexibility index (Phi) is 4.14. The van der Waals surface area contributed by atoms with Gasteiger partial charge in [-0.05, 0) is 36.8 Å². The predicted octanol–water partition coefficient (Wildman–Crippen LogP) is 2.77. The molecule has 0 aliphatic heterocycles. The van der Waals surface area contributed by atoms with Crippen LogP contribution in [0.5, 0.6) is 0 Å². The fourth-order valence-electron chi connectivity index (χ4n) is 1.87. The molecule has 5 nitrogen and oxygen atoms in total. The summed E-state index contributed by atoms with van der Waals surface area (Å²) >= 11 is 0. The second kappa shape index (κ2) is 5.72. The molecule has 2 N–H and O–H groups in total. The third kappa shape index (κ3) is 2.91. The Labute approximate surface area is 125 Å². The highest BCUT2D eigenvalue weighted by Crippen LogP contribution is 2.24. The summed E-state index contributed by atoms with van der Waals surface area (Å²) in [7, 11) is -4.39. The maximum absolute atomic E-state index is 13.6. The zero-order valence-electron chi connectivity index (χ0n) is 11.3. The minimum atomic E-state index is -4.39. The molecule has 0 aromatic heterocycles. The highest BCUT2D eigenvalue weighted by atomic mass is 32.2. The second-order valence-corrected chi connectivity index (χ2v) is 6.09. The fraction of sp³-hybridized carbons (Fsp3) is 0.0714. The molecular formula is C14H11F2NO4S. The average molecular weight is 327 g/mol. The summed E-state index contributed by atoms with van der Waals surface area (Å²) < 4.78 is 53.1. The van der Waals surface area contributed by atoms with Gasteiger partial charge in [0.05, 0.1) is 11.3 Å². The quantitative estimate of drug-likeness (QED) is 0.904. The lowest BCUT2D eigenvalue weighted by atomic mass is 10.1. The van der Waals surface area contributed by atoms with Gasteiger partial charge in [-0.3, -0.25) is 4.72 Å². The molecule has 0 aliphatic rings. The van der Waals surface area contributed by atoms with Gasteiger partial charge in [-0.2, -0.15) is 0 Å². The van der Waals surface area contributed by atoms with Gasteiger partial charge in [0.1, 0.15) is 4.90 Å². The van der Waals surface area contributed by atoms with E-state index in [1.54, 1.807) is 0 Å². The smallest absolute Gasteiger partial charge is 0.336 e. The number of nitrogens with one attached hydrogen (secondary N) is 1. The molecule has 22 heavy (non-hydrogen) atoms. The lowest BCUT2D eigenvalue weighted by Gasteiger charge is -2.12. The van der Waals surface area contributed by atoms with Crippen molar-refractivity contribution in [3.63, 3.8) is 0 Å². The predicted molar refractivity (Wildman–Crippen MR) is 75.3 cm³/mol. The first kappa shape index (κ1) is 15.9. The number of rotatable bonds is 4. The van der Waals surface area contributed by atoms with E-state index in [-0.39, 0.29) is 16.8 Å². The van der Waals surface area contributed by atoms with Crippen LogP contribution in [-0.2, 0) is 10.0 Å². The van der Waals surface area contributed by atoms with Gasteiger partial charge in [-0.1, -0.05) is 12.1 Å². The van der Waals surface area contributed by atoms with Crippen LogP contribution in [0, 0.1) is 18.6 Å². The molecule has 8 heteroatoms. The number of benzene rings is 2. The Hall–Kier alpha value is -2.48. The number of sulfonamides is 1. The maximum atomic E-state index is 13.6. The van der Waals surface area contributed by atoms with Crippen molar-refractivity contribution in [2.75, 3.05) is 4.72 Å². The third-order valence-electron chi connectivity index (χ3n) is 3.01. The number of hydrogen-bond donors (Lipinski definition) is 2. The van der Waals surface area contributed by atoms with E-state index in [9.17, 15) is 22.0 Å². The summed E-state index contributed by atoms with van der Waals surface area (Å²) in [5, 5.41) is 9.00. The molecule has 0 saturated heterocycles. The van der Waals surface area contributed by atoms with Crippen LogP contribution in [0.2, 0.25) is 0 Å². The zero-order valence-corrected chi connectivity index (χ0v) is 12.1. The monoisotopic (exact) mass is 327 g/mol. The van der Waals surface area contributed by atoms with Crippen LogP contribution in [0.3, 0.4) is 0 Å². The highest BCUT2D eigenvalue weighted by Gasteiger charge is 2.23. The summed E-state index contributed by atoms with van der Waals surface area (Å²) in [5.41, 5.74) is 0.0406. The van der Waals surface area contributed by atoms with Gasteiger partial charge in [-0.15, -0.1) is 0 Å². The first-order valence-corrected chi connectivity index (χ1v) is 7.52. The number of carbonyl (C=O) groups is 1. The summed E-state index contributed by atoms with van der Waals surface area (Å²) in [6.45, 7) is 1.41. The first-order chi connectivity index (χ1) is 10.2. The molecule has 0 atom stereocenters. The minimum absolute atomic E-state index is 0.0245. The van der Waals surface area contributed by atoms with Crippen LogP contribution in [0.15, 0.2) is 41.3 Å². The van der Waals surface area contributed by atoms with Crippen LogP contribution in [0.25, 0.3) is 0 Å². The Morgan fingerprint density at radius 2 is 1.77 bits per heavy atom. The van der Waals surface area contributed by atoms with E-state index in [0.29, 0.717) is 0 Å². The maximum Gasteiger partial charge on any atom is 0.336 e. The first-order valence-electron chi connectivity index (χ1n) is 6.04. The second-order valence-electron chi connectivity index (χ2n) is 4.44. The van der Waals surface area contributed by atoms with Gasteiger partial charge >= 0.3 is 5.97 Å². The van der Waals surface area contributed by atoms with E-state index < -0.39 is 32.5 Å². The molecule has 0 radical (unpaired) electrons. The lowest BCUT2D eigenvalue weighted by Crippen LogP contribution is -2.16. The summed E-state index contributed by atoms with van der Waals surface area (Å²) in [5.74, 6) is -4.02. The van der Waals surface area contributed by atoms with Crippen LogP contribution in [0.4, 0.5) is 14.5 Å². The van der Waals surface area contributed by atoms with E-state index in [1.807, 2.05) is 0 Å². The van der Waals surface area contributed by atoms with Crippen LogP contribution < -0.4 is 4.72 Å². The van der Waals surface area contributed by atoms with Crippen molar-refractivity contribution < 1.29 is 27.1 Å². The lowest BCUT2D eigenvalue weighted by molar-refractivity contribution is 0.0696. The van der Waals surface area contributed by atoms with Gasteiger partial charge < -0.3 is 5.11 Å². The summed E-state index contributed by atoms with van der Waals surface area (Å²) in [4.78, 5) is 10.2. The van der Waals surface area contributed by atoms with Gasteiger partial charge in [0.15, 0.2) is 11.6 Å². The summed E-state index contributed by atoms with van der Waals surface area (Å²) in [6.07, 6.45) is 0. The molecule has 0 spiro atoms. The van der Waals surface area contributed by atoms with Crippen LogP contribution in [-0.4, -0.2) is 19.5 Å². The van der Waals surface area contributed by atoms with E-state index in [0.717, 1.165) is 18.2 Å². The summed E-state index contributed by atoms with van der Waals surface area (Å²) in [6, 6.07) is 6.75. The van der Waals surface area contributed by atoms with E-state index in [2.05, 4.69) is 4.72 Å². The standard InChI is InChI=1S/C14H11F2NO4S/c1-8-9(14(18)19)4-2-6-11(8)17-22(20,21)12-7-3-5-10(15)13(12)16/h2-7,17H,1H3,(H,18,19). The van der Waals surface area contributed by atoms with Gasteiger partial charge in [0, 0.05) is 0 Å². The molecule has 0 aliphatic carbocycles. The SMILES string of the molecule is Cc1c(NS(=O)(=O)c2cccc(F)c2F)cccc1C(=O)O. The van der Waals surface area contributed by atoms with Crippen molar-refractivity contribution in [2.45, 2.75) is 11.8 Å². The Morgan fingerprint density at radius 1 is 1.14 bits per heavy atom. The third-order valence-corrected chi connectivity index (χ3v) is 4.40. The van der Waals surface area contributed by atoms with E-state index in [4.69, 9.17) is 5.11 Å². The molecule has 0 bridgehead atoms. The highest BCUT2D eigenvalue weighted by molar-refractivity contribution is 7.92. The fourth-order valence-corrected chi connectivity index (χ4v) is 3.08.